The van der Waals surface area contributed by atoms with E-state index < -0.39 is 0 Å². The van der Waals surface area contributed by atoms with Gasteiger partial charge in [-0.1, -0.05) is 45.0 Å². The van der Waals surface area contributed by atoms with Crippen molar-refractivity contribution in [1.82, 2.24) is 10.2 Å². The SMILES string of the molecule is CCNC(CCN(C)CC(C)C)c1ccccc1C. The Morgan fingerprint density at radius 1 is 1.21 bits per heavy atom. The Morgan fingerprint density at radius 2 is 1.89 bits per heavy atom. The summed E-state index contributed by atoms with van der Waals surface area (Å²) in [5.74, 6) is 0.737. The molecule has 0 aliphatic rings. The predicted molar refractivity (Wildman–Crippen MR) is 84.5 cm³/mol. The van der Waals surface area contributed by atoms with Crippen LogP contribution in [0.5, 0.6) is 0 Å². The highest BCUT2D eigenvalue weighted by molar-refractivity contribution is 5.28. The van der Waals surface area contributed by atoms with E-state index >= 15 is 0 Å². The summed E-state index contributed by atoms with van der Waals surface area (Å²) in [5.41, 5.74) is 2.84. The van der Waals surface area contributed by atoms with Crippen LogP contribution in [0.3, 0.4) is 0 Å². The van der Waals surface area contributed by atoms with Gasteiger partial charge in [0.15, 0.2) is 0 Å². The van der Waals surface area contributed by atoms with Crippen LogP contribution in [0, 0.1) is 12.8 Å². The maximum atomic E-state index is 3.62. The first-order valence-electron chi connectivity index (χ1n) is 7.52. The van der Waals surface area contributed by atoms with E-state index in [0.717, 1.165) is 19.0 Å². The van der Waals surface area contributed by atoms with Crippen molar-refractivity contribution in [3.63, 3.8) is 0 Å². The van der Waals surface area contributed by atoms with Gasteiger partial charge in [0.1, 0.15) is 0 Å². The maximum Gasteiger partial charge on any atom is 0.0334 e. The average Bonchev–Trinajstić information content (AvgIpc) is 2.34. The normalized spacial score (nSPS) is 13.2. The summed E-state index contributed by atoms with van der Waals surface area (Å²) in [7, 11) is 2.22. The van der Waals surface area contributed by atoms with Gasteiger partial charge in [-0.2, -0.15) is 0 Å². The molecule has 1 rings (SSSR count). The van der Waals surface area contributed by atoms with Crippen molar-refractivity contribution in [2.45, 2.75) is 40.2 Å². The smallest absolute Gasteiger partial charge is 0.0334 e. The summed E-state index contributed by atoms with van der Waals surface area (Å²) in [6.07, 6.45) is 1.17. The molecule has 0 bridgehead atoms. The van der Waals surface area contributed by atoms with Crippen LogP contribution in [0.15, 0.2) is 24.3 Å². The molecule has 1 aromatic rings. The summed E-state index contributed by atoms with van der Waals surface area (Å²) in [5, 5.41) is 3.62. The molecule has 0 saturated carbocycles. The third-order valence-electron chi connectivity index (χ3n) is 3.49. The zero-order valence-corrected chi connectivity index (χ0v) is 13.2. The fourth-order valence-corrected chi connectivity index (χ4v) is 2.66. The van der Waals surface area contributed by atoms with Gasteiger partial charge in [0.05, 0.1) is 0 Å². The molecular formula is C17H30N2. The summed E-state index contributed by atoms with van der Waals surface area (Å²) in [6.45, 7) is 12.3. The van der Waals surface area contributed by atoms with Crippen LogP contribution >= 0.6 is 0 Å². The van der Waals surface area contributed by atoms with E-state index in [1.54, 1.807) is 0 Å². The first-order valence-corrected chi connectivity index (χ1v) is 7.52. The molecule has 2 nitrogen and oxygen atoms in total. The highest BCUT2D eigenvalue weighted by Crippen LogP contribution is 2.20. The Kier molecular flexibility index (Phi) is 7.11. The van der Waals surface area contributed by atoms with E-state index in [4.69, 9.17) is 0 Å². The molecule has 0 spiro atoms. The van der Waals surface area contributed by atoms with Gasteiger partial charge in [0.2, 0.25) is 0 Å². The topological polar surface area (TPSA) is 15.3 Å². The minimum absolute atomic E-state index is 0.473. The third-order valence-corrected chi connectivity index (χ3v) is 3.49. The largest absolute Gasteiger partial charge is 0.310 e. The third kappa shape index (κ3) is 5.75. The second kappa shape index (κ2) is 8.34. The van der Waals surface area contributed by atoms with Crippen molar-refractivity contribution in [2.24, 2.45) is 5.92 Å². The van der Waals surface area contributed by atoms with Crippen LogP contribution in [-0.2, 0) is 0 Å². The van der Waals surface area contributed by atoms with Crippen molar-refractivity contribution in [1.29, 1.82) is 0 Å². The molecule has 0 amide bonds. The Hall–Kier alpha value is -0.860. The first-order chi connectivity index (χ1) is 9.04. The molecule has 0 aromatic heterocycles. The number of nitrogens with one attached hydrogen (secondary N) is 1. The van der Waals surface area contributed by atoms with Gasteiger partial charge in [-0.25, -0.2) is 0 Å². The highest BCUT2D eigenvalue weighted by atomic mass is 15.1. The van der Waals surface area contributed by atoms with E-state index in [9.17, 15) is 0 Å². The molecule has 1 N–H and O–H groups in total. The molecule has 108 valence electrons. The molecule has 2 heteroatoms. The monoisotopic (exact) mass is 262 g/mol. The van der Waals surface area contributed by atoms with E-state index in [2.05, 4.69) is 69.2 Å². The predicted octanol–water partition coefficient (Wildman–Crippen LogP) is 3.62. The lowest BCUT2D eigenvalue weighted by Crippen LogP contribution is -2.29. The number of benzene rings is 1. The van der Waals surface area contributed by atoms with Crippen LogP contribution in [0.25, 0.3) is 0 Å². The van der Waals surface area contributed by atoms with Crippen LogP contribution in [0.4, 0.5) is 0 Å². The minimum atomic E-state index is 0.473. The van der Waals surface area contributed by atoms with Gasteiger partial charge < -0.3 is 10.2 Å². The highest BCUT2D eigenvalue weighted by Gasteiger charge is 2.13. The lowest BCUT2D eigenvalue weighted by Gasteiger charge is -2.24. The zero-order chi connectivity index (χ0) is 14.3. The van der Waals surface area contributed by atoms with Crippen LogP contribution < -0.4 is 5.32 Å². The molecule has 1 unspecified atom stereocenters. The molecular weight excluding hydrogens is 232 g/mol. The Labute approximate surface area is 119 Å². The van der Waals surface area contributed by atoms with Crippen molar-refractivity contribution >= 4 is 0 Å². The quantitative estimate of drug-likeness (QED) is 0.769. The van der Waals surface area contributed by atoms with Gasteiger partial charge in [0, 0.05) is 12.6 Å². The molecule has 1 atom stereocenters. The average molecular weight is 262 g/mol. The van der Waals surface area contributed by atoms with E-state index in [-0.39, 0.29) is 0 Å². The molecule has 0 saturated heterocycles. The number of hydrogen-bond donors (Lipinski definition) is 1. The second-order valence-electron chi connectivity index (χ2n) is 5.91. The molecule has 0 aliphatic heterocycles. The summed E-state index contributed by atoms with van der Waals surface area (Å²) in [6, 6.07) is 9.20. The number of aryl methyl sites for hydroxylation is 1. The van der Waals surface area contributed by atoms with Crippen molar-refractivity contribution < 1.29 is 0 Å². The van der Waals surface area contributed by atoms with Crippen molar-refractivity contribution in [2.75, 3.05) is 26.7 Å². The van der Waals surface area contributed by atoms with E-state index in [1.165, 1.54) is 24.1 Å². The van der Waals surface area contributed by atoms with Gasteiger partial charge in [-0.3, -0.25) is 0 Å². The van der Waals surface area contributed by atoms with Gasteiger partial charge >= 0.3 is 0 Å². The van der Waals surface area contributed by atoms with Crippen molar-refractivity contribution in [3.8, 4) is 0 Å². The van der Waals surface area contributed by atoms with Gasteiger partial charge in [-0.05, 0) is 50.5 Å². The lowest BCUT2D eigenvalue weighted by atomic mass is 9.98. The Balaban J connectivity index is 2.61. The molecule has 0 radical (unpaired) electrons. The number of hydrogen-bond acceptors (Lipinski definition) is 2. The second-order valence-corrected chi connectivity index (χ2v) is 5.91. The molecule has 0 aliphatic carbocycles. The Morgan fingerprint density at radius 3 is 2.47 bits per heavy atom. The molecule has 19 heavy (non-hydrogen) atoms. The minimum Gasteiger partial charge on any atom is -0.310 e. The molecule has 1 aromatic carbocycles. The van der Waals surface area contributed by atoms with Crippen LogP contribution in [0.1, 0.15) is 44.4 Å². The van der Waals surface area contributed by atoms with Gasteiger partial charge in [-0.15, -0.1) is 0 Å². The van der Waals surface area contributed by atoms with E-state index in [0.29, 0.717) is 6.04 Å². The fraction of sp³-hybridized carbons (Fsp3) is 0.647. The Bertz CT molecular complexity index is 360. The van der Waals surface area contributed by atoms with Gasteiger partial charge in [0.25, 0.3) is 0 Å². The lowest BCUT2D eigenvalue weighted by molar-refractivity contribution is 0.277. The standard InChI is InChI=1S/C17H30N2/c1-6-18-17(11-12-19(5)13-14(2)3)16-10-8-7-9-15(16)4/h7-10,14,17-18H,6,11-13H2,1-5H3. The van der Waals surface area contributed by atoms with Crippen LogP contribution in [-0.4, -0.2) is 31.6 Å². The summed E-state index contributed by atoms with van der Waals surface area (Å²) >= 11 is 0. The van der Waals surface area contributed by atoms with Crippen LogP contribution in [0.2, 0.25) is 0 Å². The van der Waals surface area contributed by atoms with Crippen molar-refractivity contribution in [3.05, 3.63) is 35.4 Å². The zero-order valence-electron chi connectivity index (χ0n) is 13.2. The maximum absolute atomic E-state index is 3.62. The van der Waals surface area contributed by atoms with E-state index in [1.807, 2.05) is 0 Å². The first kappa shape index (κ1) is 16.2. The number of nitrogens with zero attached hydrogens (tertiary/aromatic N) is 1. The summed E-state index contributed by atoms with van der Waals surface area (Å²) in [4.78, 5) is 2.44. The number of rotatable bonds is 8. The summed E-state index contributed by atoms with van der Waals surface area (Å²) < 4.78 is 0. The molecule has 0 fully saturated rings. The molecule has 0 heterocycles. The fourth-order valence-electron chi connectivity index (χ4n) is 2.66.